The molecule has 8 nitrogen and oxygen atoms in total. The van der Waals surface area contributed by atoms with Crippen molar-refractivity contribution in [2.45, 2.75) is 19.3 Å². The van der Waals surface area contributed by atoms with Gasteiger partial charge in [-0.25, -0.2) is 0 Å². The fraction of sp³-hybridized carbons (Fsp3) is 0.545. The van der Waals surface area contributed by atoms with Crippen LogP contribution in [0, 0.1) is 0 Å². The fourth-order valence-corrected chi connectivity index (χ4v) is 3.54. The standard InChI is InChI=1S/C22H30N2O6/c1-27-18-15-17(6-7-21(26)24-8-4-3-5-20(24)25)16-19(28-2)22(18)30-14-11-23-9-12-29-13-10-23/h6-7,15-16H,3-5,8-14H2,1-2H3. The Kier molecular flexibility index (Phi) is 8.10. The van der Waals surface area contributed by atoms with Crippen LogP contribution in [-0.4, -0.2) is 81.8 Å². The summed E-state index contributed by atoms with van der Waals surface area (Å²) in [7, 11) is 3.13. The summed E-state index contributed by atoms with van der Waals surface area (Å²) in [6.07, 6.45) is 5.19. The summed E-state index contributed by atoms with van der Waals surface area (Å²) in [4.78, 5) is 27.9. The van der Waals surface area contributed by atoms with Gasteiger partial charge in [0, 0.05) is 38.7 Å². The highest BCUT2D eigenvalue weighted by atomic mass is 16.5. The van der Waals surface area contributed by atoms with Gasteiger partial charge in [0.1, 0.15) is 6.61 Å². The number of nitrogens with zero attached hydrogens (tertiary/aromatic N) is 2. The summed E-state index contributed by atoms with van der Waals surface area (Å²) in [5, 5.41) is 0. The molecule has 3 rings (SSSR count). The molecule has 2 amide bonds. The van der Waals surface area contributed by atoms with Gasteiger partial charge in [-0.15, -0.1) is 0 Å². The van der Waals surface area contributed by atoms with Crippen LogP contribution in [0.5, 0.6) is 17.2 Å². The molecule has 2 heterocycles. The number of carbonyl (C=O) groups is 2. The van der Waals surface area contributed by atoms with Crippen LogP contribution in [0.4, 0.5) is 0 Å². The zero-order valence-corrected chi connectivity index (χ0v) is 17.7. The van der Waals surface area contributed by atoms with E-state index in [9.17, 15) is 9.59 Å². The molecular weight excluding hydrogens is 388 g/mol. The SMILES string of the molecule is COc1cc(C=CC(=O)N2CCCCC2=O)cc(OC)c1OCCN1CCOCC1. The molecule has 0 bridgehead atoms. The number of benzene rings is 1. The predicted molar refractivity (Wildman–Crippen MR) is 112 cm³/mol. The Hall–Kier alpha value is -2.58. The highest BCUT2D eigenvalue weighted by Gasteiger charge is 2.22. The maximum Gasteiger partial charge on any atom is 0.253 e. The number of ether oxygens (including phenoxy) is 4. The lowest BCUT2D eigenvalue weighted by Gasteiger charge is -2.26. The molecule has 1 aromatic carbocycles. The minimum Gasteiger partial charge on any atom is -0.493 e. The van der Waals surface area contributed by atoms with E-state index in [-0.39, 0.29) is 11.8 Å². The van der Waals surface area contributed by atoms with Gasteiger partial charge in [-0.05, 0) is 36.6 Å². The van der Waals surface area contributed by atoms with Crippen molar-refractivity contribution in [2.24, 2.45) is 0 Å². The van der Waals surface area contributed by atoms with E-state index in [1.807, 2.05) is 0 Å². The average Bonchev–Trinajstić information content (AvgIpc) is 2.78. The molecular formula is C22H30N2O6. The molecule has 0 saturated carbocycles. The minimum absolute atomic E-state index is 0.116. The predicted octanol–water partition coefficient (Wildman–Crippen LogP) is 1.97. The average molecular weight is 418 g/mol. The Balaban J connectivity index is 1.67. The van der Waals surface area contributed by atoms with Gasteiger partial charge in [0.25, 0.3) is 5.91 Å². The van der Waals surface area contributed by atoms with Gasteiger partial charge in [-0.2, -0.15) is 0 Å². The van der Waals surface area contributed by atoms with Gasteiger partial charge < -0.3 is 18.9 Å². The zero-order valence-electron chi connectivity index (χ0n) is 17.7. The number of methoxy groups -OCH3 is 2. The Morgan fingerprint density at radius 1 is 1.10 bits per heavy atom. The number of morpholine rings is 1. The number of amides is 2. The van der Waals surface area contributed by atoms with Crippen molar-refractivity contribution in [1.29, 1.82) is 0 Å². The molecule has 0 radical (unpaired) electrons. The van der Waals surface area contributed by atoms with Crippen LogP contribution in [0.2, 0.25) is 0 Å². The molecule has 1 aromatic rings. The smallest absolute Gasteiger partial charge is 0.253 e. The molecule has 0 N–H and O–H groups in total. The molecule has 30 heavy (non-hydrogen) atoms. The quantitative estimate of drug-likeness (QED) is 0.597. The molecule has 2 saturated heterocycles. The van der Waals surface area contributed by atoms with Crippen LogP contribution < -0.4 is 14.2 Å². The molecule has 8 heteroatoms. The lowest BCUT2D eigenvalue weighted by molar-refractivity contribution is -0.143. The summed E-state index contributed by atoms with van der Waals surface area (Å²) in [5.74, 6) is 1.16. The molecule has 2 fully saturated rings. The van der Waals surface area contributed by atoms with Crippen molar-refractivity contribution in [1.82, 2.24) is 9.80 Å². The first-order chi connectivity index (χ1) is 14.6. The van der Waals surface area contributed by atoms with E-state index in [1.165, 1.54) is 11.0 Å². The van der Waals surface area contributed by atoms with Gasteiger partial charge >= 0.3 is 0 Å². The first-order valence-electron chi connectivity index (χ1n) is 10.3. The van der Waals surface area contributed by atoms with Crippen LogP contribution in [0.3, 0.4) is 0 Å². The van der Waals surface area contributed by atoms with Crippen molar-refractivity contribution < 1.29 is 28.5 Å². The van der Waals surface area contributed by atoms with Crippen molar-refractivity contribution in [3.05, 3.63) is 23.8 Å². The lowest BCUT2D eigenvalue weighted by Crippen LogP contribution is -2.39. The van der Waals surface area contributed by atoms with E-state index in [4.69, 9.17) is 18.9 Å². The maximum atomic E-state index is 12.4. The molecule has 2 aliphatic heterocycles. The summed E-state index contributed by atoms with van der Waals surface area (Å²) < 4.78 is 22.3. The Morgan fingerprint density at radius 3 is 2.43 bits per heavy atom. The number of imide groups is 1. The Morgan fingerprint density at radius 2 is 1.80 bits per heavy atom. The summed E-state index contributed by atoms with van der Waals surface area (Å²) >= 11 is 0. The van der Waals surface area contributed by atoms with Gasteiger partial charge in [0.2, 0.25) is 11.7 Å². The van der Waals surface area contributed by atoms with Gasteiger partial charge in [0.05, 0.1) is 27.4 Å². The first kappa shape index (κ1) is 22.1. The second-order valence-electron chi connectivity index (χ2n) is 7.23. The normalized spacial score (nSPS) is 17.9. The molecule has 0 aliphatic carbocycles. The van der Waals surface area contributed by atoms with Crippen molar-refractivity contribution in [3.63, 3.8) is 0 Å². The molecule has 0 spiro atoms. The second kappa shape index (κ2) is 11.0. The van der Waals surface area contributed by atoms with E-state index >= 15 is 0 Å². The highest BCUT2D eigenvalue weighted by molar-refractivity contribution is 6.03. The molecule has 164 valence electrons. The first-order valence-corrected chi connectivity index (χ1v) is 10.3. The highest BCUT2D eigenvalue weighted by Crippen LogP contribution is 2.39. The van der Waals surface area contributed by atoms with Crippen molar-refractivity contribution >= 4 is 17.9 Å². The number of hydrogen-bond acceptors (Lipinski definition) is 7. The van der Waals surface area contributed by atoms with Crippen LogP contribution in [0.25, 0.3) is 6.08 Å². The lowest BCUT2D eigenvalue weighted by atomic mass is 10.1. The molecule has 0 unspecified atom stereocenters. The molecule has 2 aliphatic rings. The number of likely N-dealkylation sites (tertiary alicyclic amines) is 1. The van der Waals surface area contributed by atoms with Crippen LogP contribution in [0.15, 0.2) is 18.2 Å². The third-order valence-corrected chi connectivity index (χ3v) is 5.25. The maximum absolute atomic E-state index is 12.4. The monoisotopic (exact) mass is 418 g/mol. The van der Waals surface area contributed by atoms with Gasteiger partial charge in [0.15, 0.2) is 11.5 Å². The zero-order chi connectivity index (χ0) is 21.3. The van der Waals surface area contributed by atoms with Gasteiger partial charge in [-0.1, -0.05) is 0 Å². The summed E-state index contributed by atoms with van der Waals surface area (Å²) in [6, 6.07) is 3.57. The van der Waals surface area contributed by atoms with E-state index in [0.717, 1.165) is 51.3 Å². The number of piperidine rings is 1. The van der Waals surface area contributed by atoms with E-state index in [2.05, 4.69) is 4.90 Å². The van der Waals surface area contributed by atoms with Crippen LogP contribution in [-0.2, 0) is 14.3 Å². The number of hydrogen-bond donors (Lipinski definition) is 0. The third kappa shape index (κ3) is 5.73. The second-order valence-corrected chi connectivity index (χ2v) is 7.23. The topological polar surface area (TPSA) is 77.5 Å². The summed E-state index contributed by atoms with van der Waals surface area (Å²) in [6.45, 7) is 5.05. The molecule has 0 atom stereocenters. The largest absolute Gasteiger partial charge is 0.493 e. The van der Waals surface area contributed by atoms with Crippen LogP contribution in [0.1, 0.15) is 24.8 Å². The number of rotatable bonds is 8. The minimum atomic E-state index is -0.302. The van der Waals surface area contributed by atoms with E-state index < -0.39 is 0 Å². The van der Waals surface area contributed by atoms with Crippen molar-refractivity contribution in [2.75, 3.05) is 60.2 Å². The van der Waals surface area contributed by atoms with Crippen molar-refractivity contribution in [3.8, 4) is 17.2 Å². The number of carbonyl (C=O) groups excluding carboxylic acids is 2. The summed E-state index contributed by atoms with van der Waals surface area (Å²) in [5.41, 5.74) is 0.724. The van der Waals surface area contributed by atoms with Gasteiger partial charge in [-0.3, -0.25) is 19.4 Å². The third-order valence-electron chi connectivity index (χ3n) is 5.25. The fourth-order valence-electron chi connectivity index (χ4n) is 3.54. The Bertz CT molecular complexity index is 748. The van der Waals surface area contributed by atoms with E-state index in [0.29, 0.717) is 36.8 Å². The molecule has 0 aromatic heterocycles. The van der Waals surface area contributed by atoms with Crippen LogP contribution >= 0.6 is 0 Å². The Labute approximate surface area is 177 Å². The van der Waals surface area contributed by atoms with E-state index in [1.54, 1.807) is 32.4 Å².